The molecule has 0 radical (unpaired) electrons. The van der Waals surface area contributed by atoms with Gasteiger partial charge in [-0.15, -0.1) is 0 Å². The molecular formula is C47H65NO9. The fraction of sp³-hybridized carbons (Fsp3) is 0.745. The smallest absolute Gasteiger partial charge is 0.233 e. The van der Waals surface area contributed by atoms with Gasteiger partial charge in [0.05, 0.1) is 41.3 Å². The van der Waals surface area contributed by atoms with Crippen molar-refractivity contribution in [3.8, 4) is 5.75 Å². The van der Waals surface area contributed by atoms with Gasteiger partial charge in [0, 0.05) is 29.6 Å². The van der Waals surface area contributed by atoms with Crippen LogP contribution < -0.4 is 4.90 Å². The summed E-state index contributed by atoms with van der Waals surface area (Å²) in [7, 11) is 0. The Morgan fingerprint density at radius 3 is 2.42 bits per heavy atom. The van der Waals surface area contributed by atoms with Gasteiger partial charge in [0.15, 0.2) is 5.78 Å². The first kappa shape index (κ1) is 39.8. The van der Waals surface area contributed by atoms with Gasteiger partial charge in [-0.05, 0) is 129 Å². The van der Waals surface area contributed by atoms with E-state index in [2.05, 4.69) is 32.9 Å². The highest BCUT2D eigenvalue weighted by molar-refractivity contribution is 6.00. The van der Waals surface area contributed by atoms with Crippen LogP contribution in [0.5, 0.6) is 5.75 Å². The quantitative estimate of drug-likeness (QED) is 0.146. The minimum absolute atomic E-state index is 0.0539. The van der Waals surface area contributed by atoms with Crippen LogP contribution in [0.4, 0.5) is 5.69 Å². The highest BCUT2D eigenvalue weighted by Gasteiger charge is 2.77. The van der Waals surface area contributed by atoms with Gasteiger partial charge < -0.3 is 40.3 Å². The molecule has 10 nitrogen and oxygen atoms in total. The number of aliphatic hydroxyl groups excluding tert-OH is 3. The monoisotopic (exact) mass is 787 g/mol. The fourth-order valence-electron chi connectivity index (χ4n) is 14.5. The van der Waals surface area contributed by atoms with Gasteiger partial charge in [0.2, 0.25) is 5.91 Å². The molecule has 4 saturated carbocycles. The summed E-state index contributed by atoms with van der Waals surface area (Å²) in [5.41, 5.74) is -4.11. The maximum atomic E-state index is 14.5. The number of carbonyl (C=O) groups excluding carboxylic acids is 2. The van der Waals surface area contributed by atoms with Crippen LogP contribution >= 0.6 is 0 Å². The molecule has 2 saturated heterocycles. The molecular weight excluding hydrogens is 723 g/mol. The van der Waals surface area contributed by atoms with Crippen LogP contribution in [-0.4, -0.2) is 91.1 Å². The van der Waals surface area contributed by atoms with E-state index in [0.29, 0.717) is 62.2 Å². The lowest BCUT2D eigenvalue weighted by Gasteiger charge is -2.66. The van der Waals surface area contributed by atoms with Crippen LogP contribution in [0.25, 0.3) is 0 Å². The third-order valence-electron chi connectivity index (χ3n) is 18.1. The summed E-state index contributed by atoms with van der Waals surface area (Å²) in [6.07, 6.45) is 11.7. The zero-order valence-electron chi connectivity index (χ0n) is 34.3. The third-order valence-corrected chi connectivity index (χ3v) is 18.1. The van der Waals surface area contributed by atoms with Gasteiger partial charge in [-0.1, -0.05) is 59.1 Å². The van der Waals surface area contributed by atoms with E-state index in [1.54, 1.807) is 18.2 Å². The Morgan fingerprint density at radius 1 is 0.965 bits per heavy atom. The number of epoxide rings is 1. The van der Waals surface area contributed by atoms with E-state index >= 15 is 0 Å². The number of fused-ring (bicyclic) bond motifs is 4. The van der Waals surface area contributed by atoms with Crippen molar-refractivity contribution in [2.75, 3.05) is 18.1 Å². The number of ketones is 1. The van der Waals surface area contributed by atoms with Gasteiger partial charge in [-0.25, -0.2) is 0 Å². The van der Waals surface area contributed by atoms with Crippen LogP contribution in [0.2, 0.25) is 0 Å². The maximum Gasteiger partial charge on any atom is 0.233 e. The Labute approximate surface area is 337 Å². The second kappa shape index (κ2) is 13.5. The van der Waals surface area contributed by atoms with E-state index in [4.69, 9.17) is 4.74 Å². The van der Waals surface area contributed by atoms with Gasteiger partial charge >= 0.3 is 0 Å². The number of phenolic OH excluding ortho intramolecular Hbond substituents is 1. The second-order valence-electron chi connectivity index (χ2n) is 20.7. The number of amides is 1. The number of anilines is 1. The Balaban J connectivity index is 1.13. The molecule has 10 heteroatoms. The summed E-state index contributed by atoms with van der Waals surface area (Å²) < 4.78 is 6.43. The number of hydrogen-bond acceptors (Lipinski definition) is 9. The number of aromatic hydroxyl groups is 1. The van der Waals surface area contributed by atoms with E-state index in [-0.39, 0.29) is 65.5 Å². The molecule has 6 fully saturated rings. The van der Waals surface area contributed by atoms with Crippen molar-refractivity contribution in [1.29, 1.82) is 0 Å². The highest BCUT2D eigenvalue weighted by atomic mass is 16.6. The van der Waals surface area contributed by atoms with Crippen LogP contribution in [0.3, 0.4) is 0 Å². The largest absolute Gasteiger partial charge is 0.508 e. The number of carbonyl (C=O) groups is 2. The predicted octanol–water partition coefficient (Wildman–Crippen LogP) is 5.54. The number of allylic oxidation sites excluding steroid dienone is 2. The summed E-state index contributed by atoms with van der Waals surface area (Å²) in [4.78, 5) is 30.3. The first-order valence-electron chi connectivity index (χ1n) is 22.2. The molecule has 1 spiro atoms. The molecule has 1 amide bonds. The van der Waals surface area contributed by atoms with Crippen molar-refractivity contribution >= 4 is 17.4 Å². The summed E-state index contributed by atoms with van der Waals surface area (Å²) in [6, 6.07) is 5.45. The van der Waals surface area contributed by atoms with Crippen molar-refractivity contribution in [3.05, 3.63) is 47.6 Å². The number of rotatable bonds is 8. The minimum atomic E-state index is -1.51. The third kappa shape index (κ3) is 5.42. The first-order chi connectivity index (χ1) is 27.0. The maximum absolute atomic E-state index is 14.5. The summed E-state index contributed by atoms with van der Waals surface area (Å²) in [5.74, 6) is -0.505. The molecule has 312 valence electrons. The lowest BCUT2D eigenvalue weighted by atomic mass is 9.39. The second-order valence-corrected chi connectivity index (χ2v) is 20.7. The van der Waals surface area contributed by atoms with E-state index < -0.39 is 52.4 Å². The SMILES string of the molecule is CC(C)C(C)C1OC1C1(O)CC=CC2CC3C(=CC(=O)C4(CO)CC(O)C(O)CC34C)C3(O)CCC1C23CCc1cc(O)cc(N2CCC3(CCCCC3)C2=O)c1. The van der Waals surface area contributed by atoms with Crippen molar-refractivity contribution < 1.29 is 45.0 Å². The molecule has 13 atom stereocenters. The molecule has 1 aromatic carbocycles. The molecule has 2 aliphatic heterocycles. The number of phenols is 1. The number of aryl methyl sites for hydroxylation is 1. The molecule has 2 heterocycles. The van der Waals surface area contributed by atoms with Crippen molar-refractivity contribution in [3.63, 3.8) is 0 Å². The molecule has 57 heavy (non-hydrogen) atoms. The highest BCUT2D eigenvalue weighted by Crippen LogP contribution is 2.75. The number of ether oxygens (including phenoxy) is 1. The molecule has 13 unspecified atom stereocenters. The zero-order chi connectivity index (χ0) is 40.5. The molecule has 0 aromatic heterocycles. The topological polar surface area (TPSA) is 171 Å². The molecule has 8 aliphatic rings. The lowest BCUT2D eigenvalue weighted by Crippen LogP contribution is -2.69. The number of aliphatic hydroxyl groups is 5. The molecule has 9 rings (SSSR count). The normalized spacial score (nSPS) is 45.1. The van der Waals surface area contributed by atoms with Gasteiger partial charge in [0.1, 0.15) is 17.5 Å². The Bertz CT molecular complexity index is 1870. The van der Waals surface area contributed by atoms with Crippen LogP contribution in [0, 0.1) is 51.2 Å². The van der Waals surface area contributed by atoms with Crippen LogP contribution in [0.15, 0.2) is 42.0 Å². The Hall–Kier alpha value is -2.60. The average Bonchev–Trinajstić information content (AvgIpc) is 3.87. The van der Waals surface area contributed by atoms with E-state index in [1.165, 1.54) is 0 Å². The molecule has 0 bridgehead atoms. The lowest BCUT2D eigenvalue weighted by molar-refractivity contribution is -0.203. The first-order valence-corrected chi connectivity index (χ1v) is 22.2. The molecule has 1 aromatic rings. The fourth-order valence-corrected chi connectivity index (χ4v) is 14.5. The Kier molecular flexibility index (Phi) is 9.40. The van der Waals surface area contributed by atoms with Gasteiger partial charge in [0.25, 0.3) is 0 Å². The van der Waals surface area contributed by atoms with Crippen LogP contribution in [0.1, 0.15) is 117 Å². The average molecular weight is 788 g/mol. The molecule has 6 aliphatic carbocycles. The zero-order valence-corrected chi connectivity index (χ0v) is 34.3. The van der Waals surface area contributed by atoms with Crippen LogP contribution in [-0.2, 0) is 20.7 Å². The van der Waals surface area contributed by atoms with Crippen molar-refractivity contribution in [2.24, 2.45) is 51.2 Å². The van der Waals surface area contributed by atoms with E-state index in [0.717, 1.165) is 44.1 Å². The van der Waals surface area contributed by atoms with Crippen molar-refractivity contribution in [2.45, 2.75) is 153 Å². The van der Waals surface area contributed by atoms with Crippen molar-refractivity contribution in [1.82, 2.24) is 0 Å². The summed E-state index contributed by atoms with van der Waals surface area (Å²) in [5, 5.41) is 71.0. The number of benzene rings is 1. The van der Waals surface area contributed by atoms with Gasteiger partial charge in [-0.3, -0.25) is 9.59 Å². The molecule has 6 N–H and O–H groups in total. The predicted molar refractivity (Wildman–Crippen MR) is 214 cm³/mol. The van der Waals surface area contributed by atoms with E-state index in [9.17, 15) is 40.2 Å². The summed E-state index contributed by atoms with van der Waals surface area (Å²) >= 11 is 0. The number of hydrogen-bond donors (Lipinski definition) is 6. The number of nitrogens with zero attached hydrogens (tertiary/aromatic N) is 1. The standard InChI is InChI=1S/C47H65NO9/c1-27(2)28(3)39-40(57-39)46(55)14-8-9-30-21-33-34(23-38(53)44(26-49)25-36(52)35(51)24-42(33,44)4)47(56)16-11-37(46)45(30,47)15-10-29-19-31(22-32(50)20-29)48-18-17-43(41(48)54)12-6-5-7-13-43/h8-9,19-20,22-23,27-28,30,33,35-37,39-40,49-52,55-56H,5-7,10-18,21,24-26H2,1-4H3. The van der Waals surface area contributed by atoms with E-state index in [1.807, 2.05) is 17.9 Å². The summed E-state index contributed by atoms with van der Waals surface area (Å²) in [6.45, 7) is 8.62. The Morgan fingerprint density at radius 2 is 1.70 bits per heavy atom. The minimum Gasteiger partial charge on any atom is -0.508 e. The van der Waals surface area contributed by atoms with Gasteiger partial charge in [-0.2, -0.15) is 0 Å².